The van der Waals surface area contributed by atoms with Gasteiger partial charge in [0.15, 0.2) is 11.5 Å². The second kappa shape index (κ2) is 7.85. The van der Waals surface area contributed by atoms with Gasteiger partial charge in [0.2, 0.25) is 6.79 Å². The molecule has 9 heteroatoms. The lowest BCUT2D eigenvalue weighted by Crippen LogP contribution is -2.48. The van der Waals surface area contributed by atoms with E-state index in [4.69, 9.17) is 21.1 Å². The molecule has 0 radical (unpaired) electrons. The van der Waals surface area contributed by atoms with Crippen molar-refractivity contribution in [2.45, 2.75) is 13.5 Å². The molecule has 0 N–H and O–H groups in total. The van der Waals surface area contributed by atoms with Gasteiger partial charge in [-0.1, -0.05) is 29.8 Å². The summed E-state index contributed by atoms with van der Waals surface area (Å²) < 4.78 is 40.5. The number of benzene rings is 2. The van der Waals surface area contributed by atoms with E-state index in [2.05, 4.69) is 20.3 Å². The number of hydrogen-bond acceptors (Lipinski definition) is 6. The van der Waals surface area contributed by atoms with E-state index in [0.717, 1.165) is 36.7 Å². The average molecular weight is 460 g/mol. The highest BCUT2D eigenvalue weighted by molar-refractivity contribution is 8.00. The monoisotopic (exact) mass is 459 g/mol. The van der Waals surface area contributed by atoms with Crippen LogP contribution in [0.2, 0.25) is 5.02 Å². The highest BCUT2D eigenvalue weighted by Crippen LogP contribution is 2.35. The summed E-state index contributed by atoms with van der Waals surface area (Å²) in [6, 6.07) is 12.9. The van der Waals surface area contributed by atoms with E-state index >= 15 is 0 Å². The summed E-state index contributed by atoms with van der Waals surface area (Å²) in [5, 5.41) is 0.499. The molecule has 0 atom stereocenters. The lowest BCUT2D eigenvalue weighted by atomic mass is 10.1. The molecular weight excluding hydrogens is 438 g/mol. The molecule has 5 rings (SSSR count). The summed E-state index contributed by atoms with van der Waals surface area (Å²) in [6.45, 7) is 5.93. The van der Waals surface area contributed by atoms with Crippen molar-refractivity contribution in [3.63, 3.8) is 0 Å². The standard InChI is InChI=1S/C22H22ClN3O4S/c1-15-21(17-3-2-4-18(23)12-17)31(27,28)24-22(15)26-9-7-25(8-10-26)13-16-5-6-19-20(11-16)30-14-29-19/h2-6,11-12H,7-10,13-14H2,1H3. The Labute approximate surface area is 186 Å². The molecule has 0 saturated carbocycles. The van der Waals surface area contributed by atoms with Crippen molar-refractivity contribution in [2.24, 2.45) is 4.40 Å². The Morgan fingerprint density at radius 3 is 2.58 bits per heavy atom. The molecule has 31 heavy (non-hydrogen) atoms. The van der Waals surface area contributed by atoms with Crippen molar-refractivity contribution in [1.29, 1.82) is 0 Å². The molecule has 0 amide bonds. The van der Waals surface area contributed by atoms with Crippen molar-refractivity contribution in [3.8, 4) is 11.5 Å². The van der Waals surface area contributed by atoms with Crippen LogP contribution in [0.3, 0.4) is 0 Å². The van der Waals surface area contributed by atoms with Gasteiger partial charge >= 0.3 is 0 Å². The van der Waals surface area contributed by atoms with Crippen molar-refractivity contribution >= 4 is 32.4 Å². The number of hydrogen-bond donors (Lipinski definition) is 0. The first-order valence-corrected chi connectivity index (χ1v) is 11.9. The van der Waals surface area contributed by atoms with Crippen LogP contribution >= 0.6 is 11.6 Å². The summed E-state index contributed by atoms with van der Waals surface area (Å²) in [5.41, 5.74) is 2.41. The predicted molar refractivity (Wildman–Crippen MR) is 120 cm³/mol. The van der Waals surface area contributed by atoms with Gasteiger partial charge in [-0.2, -0.15) is 8.42 Å². The fourth-order valence-electron chi connectivity index (χ4n) is 4.23. The normalized spacial score (nSPS) is 20.3. The maximum Gasteiger partial charge on any atom is 0.285 e. The Hall–Kier alpha value is -2.55. The molecule has 3 aliphatic rings. The van der Waals surface area contributed by atoms with Gasteiger partial charge in [-0.3, -0.25) is 4.90 Å². The second-order valence-corrected chi connectivity index (χ2v) is 9.78. The number of halogens is 1. The molecule has 3 aliphatic heterocycles. The van der Waals surface area contributed by atoms with E-state index in [1.807, 2.05) is 19.1 Å². The van der Waals surface area contributed by atoms with Crippen molar-refractivity contribution < 1.29 is 17.9 Å². The van der Waals surface area contributed by atoms with E-state index in [-0.39, 0.29) is 11.7 Å². The zero-order valence-electron chi connectivity index (χ0n) is 17.0. The zero-order valence-corrected chi connectivity index (χ0v) is 18.6. The highest BCUT2D eigenvalue weighted by Gasteiger charge is 2.34. The zero-order chi connectivity index (χ0) is 21.6. The number of sulfonamides is 1. The third kappa shape index (κ3) is 3.91. The molecule has 0 spiro atoms. The largest absolute Gasteiger partial charge is 0.454 e. The summed E-state index contributed by atoms with van der Waals surface area (Å²) >= 11 is 6.08. The number of nitrogens with zero attached hydrogens (tertiary/aromatic N) is 3. The minimum absolute atomic E-state index is 0.243. The number of fused-ring (bicyclic) bond motifs is 1. The van der Waals surface area contributed by atoms with Crippen molar-refractivity contribution in [2.75, 3.05) is 33.0 Å². The third-order valence-electron chi connectivity index (χ3n) is 5.74. The lowest BCUT2D eigenvalue weighted by molar-refractivity contribution is 0.172. The first kappa shape index (κ1) is 20.4. The Bertz CT molecular complexity index is 1200. The van der Waals surface area contributed by atoms with Crippen LogP contribution in [0.25, 0.3) is 4.91 Å². The van der Waals surface area contributed by atoms with Gasteiger partial charge in [-0.15, -0.1) is 4.40 Å². The van der Waals surface area contributed by atoms with Gasteiger partial charge in [0.25, 0.3) is 10.0 Å². The van der Waals surface area contributed by atoms with Crippen LogP contribution in [-0.4, -0.2) is 57.0 Å². The summed E-state index contributed by atoms with van der Waals surface area (Å²) in [6.07, 6.45) is 0. The van der Waals surface area contributed by atoms with Crippen LogP contribution in [0.15, 0.2) is 52.4 Å². The molecule has 0 aliphatic carbocycles. The summed E-state index contributed by atoms with van der Waals surface area (Å²) in [7, 11) is -3.74. The van der Waals surface area contributed by atoms with E-state index in [0.29, 0.717) is 35.1 Å². The molecule has 3 heterocycles. The smallest absolute Gasteiger partial charge is 0.285 e. The van der Waals surface area contributed by atoms with Crippen molar-refractivity contribution in [1.82, 2.24) is 9.80 Å². The average Bonchev–Trinajstić information content (AvgIpc) is 3.29. The van der Waals surface area contributed by atoms with E-state index in [9.17, 15) is 8.42 Å². The van der Waals surface area contributed by atoms with Crippen molar-refractivity contribution in [3.05, 3.63) is 64.2 Å². The maximum absolute atomic E-state index is 12.8. The molecule has 1 fully saturated rings. The minimum atomic E-state index is -3.74. The minimum Gasteiger partial charge on any atom is -0.454 e. The van der Waals surface area contributed by atoms with Crippen LogP contribution < -0.4 is 9.47 Å². The second-order valence-electron chi connectivity index (χ2n) is 7.81. The first-order chi connectivity index (χ1) is 14.9. The summed E-state index contributed by atoms with van der Waals surface area (Å²) in [5.74, 6) is 2.11. The number of amidine groups is 1. The molecule has 0 unspecified atom stereocenters. The fraction of sp³-hybridized carbons (Fsp3) is 0.318. The predicted octanol–water partition coefficient (Wildman–Crippen LogP) is 3.36. The van der Waals surface area contributed by atoms with Crippen LogP contribution in [0.4, 0.5) is 0 Å². The molecule has 162 valence electrons. The molecule has 1 saturated heterocycles. The Balaban J connectivity index is 1.29. The molecule has 2 aromatic rings. The summed E-state index contributed by atoms with van der Waals surface area (Å²) in [4.78, 5) is 4.64. The van der Waals surface area contributed by atoms with Gasteiger partial charge in [0, 0.05) is 43.3 Å². The number of rotatable bonds is 3. The molecule has 2 aromatic carbocycles. The molecule has 0 bridgehead atoms. The van der Waals surface area contributed by atoms with Crippen LogP contribution in [0.1, 0.15) is 18.1 Å². The topological polar surface area (TPSA) is 71.4 Å². The van der Waals surface area contributed by atoms with Crippen LogP contribution in [0.5, 0.6) is 11.5 Å². The van der Waals surface area contributed by atoms with Crippen LogP contribution in [-0.2, 0) is 16.6 Å². The number of piperazine rings is 1. The van der Waals surface area contributed by atoms with Crippen LogP contribution in [0, 0.1) is 0 Å². The lowest BCUT2D eigenvalue weighted by Gasteiger charge is -2.36. The number of ether oxygens (including phenoxy) is 2. The van der Waals surface area contributed by atoms with Gasteiger partial charge in [0.1, 0.15) is 10.7 Å². The molecular formula is C22H22ClN3O4S. The quantitative estimate of drug-likeness (QED) is 0.701. The van der Waals surface area contributed by atoms with E-state index in [1.165, 1.54) is 0 Å². The Morgan fingerprint density at radius 2 is 1.81 bits per heavy atom. The maximum atomic E-state index is 12.8. The van der Waals surface area contributed by atoms with Gasteiger partial charge in [0.05, 0.1) is 0 Å². The Morgan fingerprint density at radius 1 is 1.03 bits per heavy atom. The first-order valence-electron chi connectivity index (χ1n) is 10.1. The van der Waals surface area contributed by atoms with Gasteiger partial charge in [-0.05, 0) is 42.3 Å². The molecule has 0 aromatic heterocycles. The van der Waals surface area contributed by atoms with Gasteiger partial charge < -0.3 is 14.4 Å². The van der Waals surface area contributed by atoms with Gasteiger partial charge in [-0.25, -0.2) is 0 Å². The SMILES string of the molecule is CC1=C(c2cccc(Cl)c2)S(=O)(=O)N=C1N1CCN(Cc2ccc3c(c2)OCO3)CC1. The third-order valence-corrected chi connectivity index (χ3v) is 7.45. The van der Waals surface area contributed by atoms with E-state index in [1.54, 1.807) is 24.3 Å². The van der Waals surface area contributed by atoms with E-state index < -0.39 is 10.0 Å². The molecule has 7 nitrogen and oxygen atoms in total. The Kier molecular flexibility index (Phi) is 5.16. The highest BCUT2D eigenvalue weighted by atomic mass is 35.5. The fourth-order valence-corrected chi connectivity index (χ4v) is 5.89.